The number of hydrogen-bond acceptors (Lipinski definition) is 5. The number of imidazole rings is 1. The van der Waals surface area contributed by atoms with Gasteiger partial charge in [0, 0.05) is 19.7 Å². The zero-order valence-electron chi connectivity index (χ0n) is 18.3. The first kappa shape index (κ1) is 22.8. The SMILES string of the molecule is COc1ccc(C(=O)NC(CC(C)C)c2nc3ccccc3[nH]2)cc1S(=O)(=O)N(C)C. The van der Waals surface area contributed by atoms with E-state index in [9.17, 15) is 13.2 Å². The number of methoxy groups -OCH3 is 1. The summed E-state index contributed by atoms with van der Waals surface area (Å²) in [6.07, 6.45) is 0.671. The third-order valence-corrected chi connectivity index (χ3v) is 6.77. The van der Waals surface area contributed by atoms with Crippen LogP contribution in [0.25, 0.3) is 11.0 Å². The fraction of sp³-hybridized carbons (Fsp3) is 0.364. The highest BCUT2D eigenvalue weighted by Gasteiger charge is 2.25. The van der Waals surface area contributed by atoms with Gasteiger partial charge in [-0.2, -0.15) is 0 Å². The standard InChI is InChI=1S/C22H28N4O4S/c1-14(2)12-18(21-23-16-8-6-7-9-17(16)24-21)25-22(27)15-10-11-19(30-5)20(13-15)31(28,29)26(3)4/h6-11,13-14,18H,12H2,1-5H3,(H,23,24)(H,25,27). The molecule has 1 amide bonds. The number of aromatic nitrogens is 2. The Morgan fingerprint density at radius 3 is 2.52 bits per heavy atom. The van der Waals surface area contributed by atoms with Gasteiger partial charge in [0.1, 0.15) is 16.5 Å². The van der Waals surface area contributed by atoms with Crippen LogP contribution >= 0.6 is 0 Å². The number of sulfonamides is 1. The summed E-state index contributed by atoms with van der Waals surface area (Å²) < 4.78 is 31.6. The number of carbonyl (C=O) groups is 1. The third kappa shape index (κ3) is 4.88. The van der Waals surface area contributed by atoms with Crippen LogP contribution in [-0.4, -0.2) is 49.8 Å². The van der Waals surface area contributed by atoms with E-state index in [2.05, 4.69) is 29.1 Å². The van der Waals surface area contributed by atoms with E-state index < -0.39 is 10.0 Å². The second-order valence-corrected chi connectivity index (χ2v) is 10.1. The van der Waals surface area contributed by atoms with E-state index >= 15 is 0 Å². The summed E-state index contributed by atoms with van der Waals surface area (Å²) >= 11 is 0. The minimum absolute atomic E-state index is 0.0585. The number of carbonyl (C=O) groups excluding carboxylic acids is 1. The topological polar surface area (TPSA) is 104 Å². The molecule has 1 aromatic heterocycles. The van der Waals surface area contributed by atoms with Crippen LogP contribution in [0.1, 0.15) is 42.5 Å². The lowest BCUT2D eigenvalue weighted by molar-refractivity contribution is 0.0930. The van der Waals surface area contributed by atoms with E-state index in [-0.39, 0.29) is 28.2 Å². The average Bonchev–Trinajstić information content (AvgIpc) is 3.16. The zero-order valence-corrected chi connectivity index (χ0v) is 19.2. The predicted molar refractivity (Wildman–Crippen MR) is 120 cm³/mol. The van der Waals surface area contributed by atoms with Gasteiger partial charge in [-0.05, 0) is 42.7 Å². The lowest BCUT2D eigenvalue weighted by Gasteiger charge is -2.20. The molecule has 1 unspecified atom stereocenters. The molecule has 0 aliphatic carbocycles. The molecule has 0 aliphatic rings. The highest BCUT2D eigenvalue weighted by molar-refractivity contribution is 7.89. The quantitative estimate of drug-likeness (QED) is 0.554. The normalized spacial score (nSPS) is 13.0. The van der Waals surface area contributed by atoms with Gasteiger partial charge >= 0.3 is 0 Å². The molecule has 0 radical (unpaired) electrons. The Labute approximate surface area is 182 Å². The second kappa shape index (κ2) is 9.07. The molecular formula is C22H28N4O4S. The molecule has 8 nitrogen and oxygen atoms in total. The van der Waals surface area contributed by atoms with Crippen molar-refractivity contribution in [3.63, 3.8) is 0 Å². The molecule has 0 saturated heterocycles. The van der Waals surface area contributed by atoms with Crippen LogP contribution < -0.4 is 10.1 Å². The molecule has 1 heterocycles. The Morgan fingerprint density at radius 1 is 1.19 bits per heavy atom. The van der Waals surface area contributed by atoms with Crippen molar-refractivity contribution in [1.82, 2.24) is 19.6 Å². The number of hydrogen-bond donors (Lipinski definition) is 2. The lowest BCUT2D eigenvalue weighted by atomic mass is 10.0. The second-order valence-electron chi connectivity index (χ2n) is 7.95. The molecule has 9 heteroatoms. The molecule has 0 saturated carbocycles. The van der Waals surface area contributed by atoms with Crippen molar-refractivity contribution in [2.75, 3.05) is 21.2 Å². The summed E-state index contributed by atoms with van der Waals surface area (Å²) in [7, 11) is 0.475. The van der Waals surface area contributed by atoms with Crippen molar-refractivity contribution in [2.24, 2.45) is 5.92 Å². The molecule has 3 rings (SSSR count). The van der Waals surface area contributed by atoms with Gasteiger partial charge in [0.2, 0.25) is 10.0 Å². The van der Waals surface area contributed by atoms with Gasteiger partial charge in [-0.3, -0.25) is 4.79 Å². The van der Waals surface area contributed by atoms with Crippen molar-refractivity contribution in [3.8, 4) is 5.75 Å². The first-order chi connectivity index (χ1) is 14.6. The molecule has 0 spiro atoms. The number of aromatic amines is 1. The van der Waals surface area contributed by atoms with Gasteiger partial charge in [-0.1, -0.05) is 26.0 Å². The van der Waals surface area contributed by atoms with E-state index in [4.69, 9.17) is 4.74 Å². The number of rotatable bonds is 8. The molecule has 2 N–H and O–H groups in total. The summed E-state index contributed by atoms with van der Waals surface area (Å²) in [6.45, 7) is 4.13. The van der Waals surface area contributed by atoms with Crippen LogP contribution in [0.15, 0.2) is 47.4 Å². The Balaban J connectivity index is 1.95. The predicted octanol–water partition coefficient (Wildman–Crippen LogP) is 3.34. The highest BCUT2D eigenvalue weighted by atomic mass is 32.2. The zero-order chi connectivity index (χ0) is 22.8. The van der Waals surface area contributed by atoms with Gasteiger partial charge in [-0.25, -0.2) is 17.7 Å². The third-order valence-electron chi connectivity index (χ3n) is 4.93. The summed E-state index contributed by atoms with van der Waals surface area (Å²) in [6, 6.07) is 11.7. The Morgan fingerprint density at radius 2 is 1.90 bits per heavy atom. The Kier molecular flexibility index (Phi) is 6.66. The highest BCUT2D eigenvalue weighted by Crippen LogP contribution is 2.28. The van der Waals surface area contributed by atoms with E-state index in [1.807, 2.05) is 24.3 Å². The van der Waals surface area contributed by atoms with E-state index in [0.29, 0.717) is 18.2 Å². The maximum absolute atomic E-state index is 13.1. The van der Waals surface area contributed by atoms with Gasteiger partial charge < -0.3 is 15.0 Å². The maximum atomic E-state index is 13.1. The number of fused-ring (bicyclic) bond motifs is 1. The van der Waals surface area contributed by atoms with Crippen molar-refractivity contribution in [1.29, 1.82) is 0 Å². The number of nitrogens with one attached hydrogen (secondary N) is 2. The number of ether oxygens (including phenoxy) is 1. The monoisotopic (exact) mass is 444 g/mol. The van der Waals surface area contributed by atoms with Crippen molar-refractivity contribution < 1.29 is 17.9 Å². The van der Waals surface area contributed by atoms with Crippen LogP contribution in [0.5, 0.6) is 5.75 Å². The van der Waals surface area contributed by atoms with E-state index in [1.54, 1.807) is 6.07 Å². The molecule has 0 bridgehead atoms. The molecule has 166 valence electrons. The molecule has 31 heavy (non-hydrogen) atoms. The molecule has 0 fully saturated rings. The summed E-state index contributed by atoms with van der Waals surface area (Å²) in [4.78, 5) is 20.9. The molecule has 3 aromatic rings. The number of benzene rings is 2. The smallest absolute Gasteiger partial charge is 0.251 e. The van der Waals surface area contributed by atoms with Gasteiger partial charge in [-0.15, -0.1) is 0 Å². The fourth-order valence-corrected chi connectivity index (χ4v) is 4.38. The van der Waals surface area contributed by atoms with E-state index in [1.165, 1.54) is 33.3 Å². The number of amides is 1. The van der Waals surface area contributed by atoms with Crippen LogP contribution in [0.4, 0.5) is 0 Å². The Bertz CT molecular complexity index is 1150. The molecule has 0 aliphatic heterocycles. The van der Waals surface area contributed by atoms with Crippen LogP contribution in [0.3, 0.4) is 0 Å². The van der Waals surface area contributed by atoms with Crippen LogP contribution in [-0.2, 0) is 10.0 Å². The molecule has 2 aromatic carbocycles. The van der Waals surface area contributed by atoms with Gasteiger partial charge in [0.15, 0.2) is 0 Å². The van der Waals surface area contributed by atoms with Crippen molar-refractivity contribution in [2.45, 2.75) is 31.2 Å². The molecular weight excluding hydrogens is 416 g/mol. The minimum atomic E-state index is -3.78. The Hall–Kier alpha value is -2.91. The summed E-state index contributed by atoms with van der Waals surface area (Å²) in [5.74, 6) is 0.766. The average molecular weight is 445 g/mol. The minimum Gasteiger partial charge on any atom is -0.495 e. The first-order valence-corrected chi connectivity index (χ1v) is 11.4. The number of para-hydroxylation sites is 2. The van der Waals surface area contributed by atoms with Gasteiger partial charge in [0.25, 0.3) is 5.91 Å². The van der Waals surface area contributed by atoms with Crippen LogP contribution in [0, 0.1) is 5.92 Å². The van der Waals surface area contributed by atoms with Crippen LogP contribution in [0.2, 0.25) is 0 Å². The maximum Gasteiger partial charge on any atom is 0.251 e. The molecule has 1 atom stereocenters. The first-order valence-electron chi connectivity index (χ1n) is 9.99. The number of H-pyrrole nitrogens is 1. The van der Waals surface area contributed by atoms with Crippen molar-refractivity contribution >= 4 is 27.0 Å². The van der Waals surface area contributed by atoms with Crippen molar-refractivity contribution in [3.05, 3.63) is 53.9 Å². The summed E-state index contributed by atoms with van der Waals surface area (Å²) in [5.41, 5.74) is 1.94. The lowest BCUT2D eigenvalue weighted by Crippen LogP contribution is -2.30. The summed E-state index contributed by atoms with van der Waals surface area (Å²) in [5, 5.41) is 3.01. The fourth-order valence-electron chi connectivity index (χ4n) is 3.31. The van der Waals surface area contributed by atoms with E-state index in [0.717, 1.165) is 15.3 Å². The largest absolute Gasteiger partial charge is 0.495 e. The number of nitrogens with zero attached hydrogens (tertiary/aromatic N) is 2. The van der Waals surface area contributed by atoms with Gasteiger partial charge in [0.05, 0.1) is 24.2 Å².